The molecule has 1 saturated heterocycles. The standard InChI is InChI=1S/C14H18N2O6/c1-7(17)12(15)13(19)16-5-8(6-16)22-10-4-2-3-9(18)11(10)14(20)21/h2-4,7-8,12,17-18H,5-6,15H2,1H3,(H,20,21)/t7-,12+/m1/s1. The van der Waals surface area contributed by atoms with E-state index in [1.165, 1.54) is 30.0 Å². The number of carbonyl (C=O) groups excluding carboxylic acids is 1. The molecule has 1 fully saturated rings. The average molecular weight is 310 g/mol. The number of aliphatic hydroxyl groups excluding tert-OH is 1. The fourth-order valence-electron chi connectivity index (χ4n) is 2.12. The molecule has 0 bridgehead atoms. The van der Waals surface area contributed by atoms with Crippen molar-refractivity contribution in [3.8, 4) is 11.5 Å². The van der Waals surface area contributed by atoms with E-state index < -0.39 is 18.1 Å². The molecule has 2 rings (SSSR count). The van der Waals surface area contributed by atoms with Crippen LogP contribution in [0.25, 0.3) is 0 Å². The number of carbonyl (C=O) groups is 2. The molecule has 1 aliphatic heterocycles. The van der Waals surface area contributed by atoms with Crippen LogP contribution in [0.2, 0.25) is 0 Å². The Hall–Kier alpha value is -2.32. The van der Waals surface area contributed by atoms with Crippen LogP contribution in [0.15, 0.2) is 18.2 Å². The summed E-state index contributed by atoms with van der Waals surface area (Å²) < 4.78 is 5.51. The lowest BCUT2D eigenvalue weighted by Crippen LogP contribution is -2.61. The summed E-state index contributed by atoms with van der Waals surface area (Å²) >= 11 is 0. The third-order valence-electron chi connectivity index (χ3n) is 3.48. The van der Waals surface area contributed by atoms with E-state index in [0.717, 1.165) is 0 Å². The van der Waals surface area contributed by atoms with Gasteiger partial charge in [-0.05, 0) is 19.1 Å². The number of hydrogen-bond acceptors (Lipinski definition) is 6. The molecule has 8 heteroatoms. The minimum Gasteiger partial charge on any atom is -0.507 e. The van der Waals surface area contributed by atoms with Crippen LogP contribution >= 0.6 is 0 Å². The van der Waals surface area contributed by atoms with Crippen molar-refractivity contribution in [1.29, 1.82) is 0 Å². The molecule has 0 saturated carbocycles. The first-order chi connectivity index (χ1) is 10.3. The van der Waals surface area contributed by atoms with Crippen molar-refractivity contribution in [3.05, 3.63) is 23.8 Å². The molecule has 1 amide bonds. The Morgan fingerprint density at radius 3 is 2.59 bits per heavy atom. The van der Waals surface area contributed by atoms with Crippen LogP contribution in [0.5, 0.6) is 11.5 Å². The molecule has 0 aromatic heterocycles. The predicted molar refractivity (Wildman–Crippen MR) is 75.7 cm³/mol. The molecule has 8 nitrogen and oxygen atoms in total. The third-order valence-corrected chi connectivity index (χ3v) is 3.48. The monoisotopic (exact) mass is 310 g/mol. The number of rotatable bonds is 5. The van der Waals surface area contributed by atoms with Crippen LogP contribution in [-0.4, -0.2) is 63.4 Å². The highest BCUT2D eigenvalue weighted by Gasteiger charge is 2.36. The minimum absolute atomic E-state index is 0.0458. The maximum absolute atomic E-state index is 11.8. The number of ether oxygens (including phenoxy) is 1. The summed E-state index contributed by atoms with van der Waals surface area (Å²) in [6, 6.07) is 3.18. The van der Waals surface area contributed by atoms with Crippen LogP contribution < -0.4 is 10.5 Å². The highest BCUT2D eigenvalue weighted by Crippen LogP contribution is 2.29. The number of nitrogens with two attached hydrogens (primary N) is 1. The number of aromatic carboxylic acids is 1. The lowest BCUT2D eigenvalue weighted by molar-refractivity contribution is -0.143. The molecule has 1 aromatic carbocycles. The molecule has 120 valence electrons. The molecule has 22 heavy (non-hydrogen) atoms. The zero-order chi connectivity index (χ0) is 16.4. The first-order valence-corrected chi connectivity index (χ1v) is 6.75. The van der Waals surface area contributed by atoms with Crippen LogP contribution in [0.3, 0.4) is 0 Å². The number of hydrogen-bond donors (Lipinski definition) is 4. The summed E-state index contributed by atoms with van der Waals surface area (Å²) in [6.45, 7) is 1.92. The Balaban J connectivity index is 1.98. The first-order valence-electron chi connectivity index (χ1n) is 6.75. The van der Waals surface area contributed by atoms with Gasteiger partial charge in [-0.1, -0.05) is 6.07 Å². The number of likely N-dealkylation sites (tertiary alicyclic amines) is 1. The second kappa shape index (κ2) is 6.20. The van der Waals surface area contributed by atoms with Crippen LogP contribution in [0, 0.1) is 0 Å². The molecule has 0 spiro atoms. The zero-order valence-corrected chi connectivity index (χ0v) is 12.0. The summed E-state index contributed by atoms with van der Waals surface area (Å²) in [5.41, 5.74) is 5.25. The number of benzene rings is 1. The molecule has 2 atom stereocenters. The molecule has 1 heterocycles. The van der Waals surface area contributed by atoms with E-state index in [1.807, 2.05) is 0 Å². The molecular weight excluding hydrogens is 292 g/mol. The van der Waals surface area contributed by atoms with Gasteiger partial charge in [-0.25, -0.2) is 4.79 Å². The Labute approximate surface area is 126 Å². The number of carboxylic acid groups (broad SMARTS) is 1. The van der Waals surface area contributed by atoms with Crippen LogP contribution in [0.1, 0.15) is 17.3 Å². The third kappa shape index (κ3) is 3.12. The van der Waals surface area contributed by atoms with Gasteiger partial charge in [0.1, 0.15) is 29.2 Å². The van der Waals surface area contributed by atoms with Gasteiger partial charge in [0.25, 0.3) is 0 Å². The Morgan fingerprint density at radius 1 is 1.41 bits per heavy atom. The highest BCUT2D eigenvalue weighted by atomic mass is 16.5. The second-order valence-corrected chi connectivity index (χ2v) is 5.20. The Kier molecular flexibility index (Phi) is 4.53. The zero-order valence-electron chi connectivity index (χ0n) is 12.0. The van der Waals surface area contributed by atoms with Gasteiger partial charge in [-0.2, -0.15) is 0 Å². The lowest BCUT2D eigenvalue weighted by Gasteiger charge is -2.40. The predicted octanol–water partition coefficient (Wildman–Crippen LogP) is -0.612. The fraction of sp³-hybridized carbons (Fsp3) is 0.429. The van der Waals surface area contributed by atoms with Crippen LogP contribution in [0.4, 0.5) is 0 Å². The minimum atomic E-state index is -1.29. The lowest BCUT2D eigenvalue weighted by atomic mass is 10.1. The maximum Gasteiger partial charge on any atom is 0.343 e. The van der Waals surface area contributed by atoms with Gasteiger partial charge in [0.2, 0.25) is 5.91 Å². The molecule has 1 aromatic rings. The van der Waals surface area contributed by atoms with Gasteiger partial charge >= 0.3 is 5.97 Å². The van der Waals surface area contributed by atoms with E-state index in [-0.39, 0.29) is 42.2 Å². The summed E-state index contributed by atoms with van der Waals surface area (Å²) in [6.07, 6.45) is -1.33. The van der Waals surface area contributed by atoms with E-state index in [9.17, 15) is 19.8 Å². The number of aliphatic hydroxyl groups is 1. The second-order valence-electron chi connectivity index (χ2n) is 5.20. The maximum atomic E-state index is 11.8. The van der Waals surface area contributed by atoms with E-state index in [4.69, 9.17) is 15.6 Å². The number of aromatic hydroxyl groups is 1. The van der Waals surface area contributed by atoms with Crippen molar-refractivity contribution in [2.24, 2.45) is 5.73 Å². The Morgan fingerprint density at radius 2 is 2.05 bits per heavy atom. The van der Waals surface area contributed by atoms with Crippen molar-refractivity contribution >= 4 is 11.9 Å². The summed E-state index contributed by atoms with van der Waals surface area (Å²) in [7, 11) is 0. The molecule has 0 aliphatic carbocycles. The van der Waals surface area contributed by atoms with Crippen molar-refractivity contribution in [2.45, 2.75) is 25.2 Å². The smallest absolute Gasteiger partial charge is 0.343 e. The number of nitrogens with zero attached hydrogens (tertiary/aromatic N) is 1. The quantitative estimate of drug-likeness (QED) is 0.570. The largest absolute Gasteiger partial charge is 0.507 e. The summed E-state index contributed by atoms with van der Waals surface area (Å²) in [5, 5.41) is 27.9. The van der Waals surface area contributed by atoms with Gasteiger partial charge in [0, 0.05) is 0 Å². The highest BCUT2D eigenvalue weighted by molar-refractivity contribution is 5.94. The van der Waals surface area contributed by atoms with E-state index >= 15 is 0 Å². The number of carboxylic acids is 1. The van der Waals surface area contributed by atoms with Crippen LogP contribution in [-0.2, 0) is 4.79 Å². The van der Waals surface area contributed by atoms with Gasteiger partial charge in [0.15, 0.2) is 0 Å². The summed E-state index contributed by atoms with van der Waals surface area (Å²) in [5.74, 6) is -2.02. The van der Waals surface area contributed by atoms with Gasteiger partial charge < -0.3 is 30.7 Å². The van der Waals surface area contributed by atoms with Crippen molar-refractivity contribution in [3.63, 3.8) is 0 Å². The Bertz CT molecular complexity index is 583. The molecule has 5 N–H and O–H groups in total. The SMILES string of the molecule is C[C@@H](O)[C@H](N)C(=O)N1CC(Oc2cccc(O)c2C(=O)O)C1. The van der Waals surface area contributed by atoms with Crippen molar-refractivity contribution in [1.82, 2.24) is 4.90 Å². The first kappa shape index (κ1) is 16.1. The molecule has 0 radical (unpaired) electrons. The van der Waals surface area contributed by atoms with E-state index in [1.54, 1.807) is 0 Å². The normalized spacial score (nSPS) is 17.5. The molecule has 1 aliphatic rings. The van der Waals surface area contributed by atoms with Crippen molar-refractivity contribution in [2.75, 3.05) is 13.1 Å². The van der Waals surface area contributed by atoms with E-state index in [2.05, 4.69) is 0 Å². The molecule has 0 unspecified atom stereocenters. The van der Waals surface area contributed by atoms with Gasteiger partial charge in [0.05, 0.1) is 19.2 Å². The van der Waals surface area contributed by atoms with Gasteiger partial charge in [-0.3, -0.25) is 4.79 Å². The van der Waals surface area contributed by atoms with Crippen molar-refractivity contribution < 1.29 is 29.6 Å². The van der Waals surface area contributed by atoms with E-state index in [0.29, 0.717) is 0 Å². The number of phenols is 1. The molecular formula is C14H18N2O6. The topological polar surface area (TPSA) is 133 Å². The van der Waals surface area contributed by atoms with Gasteiger partial charge in [-0.15, -0.1) is 0 Å². The average Bonchev–Trinajstić information content (AvgIpc) is 2.40. The number of amides is 1. The fourth-order valence-corrected chi connectivity index (χ4v) is 2.12. The summed E-state index contributed by atoms with van der Waals surface area (Å²) in [4.78, 5) is 24.4.